The molecule has 108 valence electrons. The van der Waals surface area contributed by atoms with Crippen molar-refractivity contribution in [2.45, 2.75) is 11.4 Å². The van der Waals surface area contributed by atoms with Gasteiger partial charge in [-0.1, -0.05) is 5.21 Å². The van der Waals surface area contributed by atoms with Crippen LogP contribution in [0.4, 0.5) is 5.69 Å². The molecule has 0 spiro atoms. The fourth-order valence-electron chi connectivity index (χ4n) is 1.62. The van der Waals surface area contributed by atoms with Crippen molar-refractivity contribution in [2.75, 3.05) is 19.4 Å². The van der Waals surface area contributed by atoms with E-state index >= 15 is 0 Å². The summed E-state index contributed by atoms with van der Waals surface area (Å²) < 4.78 is 26.6. The minimum Gasteiger partial charge on any atom is -0.379 e. The molecule has 20 heavy (non-hydrogen) atoms. The maximum Gasteiger partial charge on any atom is 0.242 e. The van der Waals surface area contributed by atoms with E-state index in [1.54, 1.807) is 36.0 Å². The summed E-state index contributed by atoms with van der Waals surface area (Å²) >= 11 is 0. The molecule has 1 aromatic carbocycles. The van der Waals surface area contributed by atoms with Crippen molar-refractivity contribution in [2.24, 2.45) is 7.05 Å². The second-order valence-corrected chi connectivity index (χ2v) is 6.70. The Kier molecular flexibility index (Phi) is 4.05. The van der Waals surface area contributed by atoms with Crippen LogP contribution in [0, 0.1) is 0 Å². The van der Waals surface area contributed by atoms with Crippen molar-refractivity contribution in [3.05, 3.63) is 36.2 Å². The molecule has 0 fully saturated rings. The fourth-order valence-corrected chi connectivity index (χ4v) is 2.53. The van der Waals surface area contributed by atoms with Crippen molar-refractivity contribution in [3.8, 4) is 0 Å². The lowest BCUT2D eigenvalue weighted by atomic mass is 10.3. The first kappa shape index (κ1) is 14.5. The Morgan fingerprint density at radius 1 is 1.25 bits per heavy atom. The third-order valence-corrected chi connectivity index (χ3v) is 4.59. The van der Waals surface area contributed by atoms with Crippen LogP contribution in [-0.2, 0) is 23.6 Å². The van der Waals surface area contributed by atoms with E-state index in [9.17, 15) is 8.42 Å². The topological polar surface area (TPSA) is 80.1 Å². The molecule has 0 radical (unpaired) electrons. The number of hydrogen-bond acceptors (Lipinski definition) is 5. The van der Waals surface area contributed by atoms with Gasteiger partial charge >= 0.3 is 0 Å². The summed E-state index contributed by atoms with van der Waals surface area (Å²) in [5, 5.41) is 11.0. The quantitative estimate of drug-likeness (QED) is 0.877. The van der Waals surface area contributed by atoms with Gasteiger partial charge in [0.05, 0.1) is 11.4 Å². The first-order chi connectivity index (χ1) is 9.39. The van der Waals surface area contributed by atoms with Gasteiger partial charge < -0.3 is 5.32 Å². The van der Waals surface area contributed by atoms with Gasteiger partial charge in [-0.05, 0) is 24.3 Å². The van der Waals surface area contributed by atoms with Crippen LogP contribution in [0.2, 0.25) is 0 Å². The summed E-state index contributed by atoms with van der Waals surface area (Å²) in [4.78, 5) is 0.271. The molecule has 0 atom stereocenters. The van der Waals surface area contributed by atoms with Crippen molar-refractivity contribution >= 4 is 15.7 Å². The lowest BCUT2D eigenvalue weighted by Gasteiger charge is -2.12. The van der Waals surface area contributed by atoms with Gasteiger partial charge in [-0.2, -0.15) is 0 Å². The van der Waals surface area contributed by atoms with Crippen LogP contribution in [0.25, 0.3) is 0 Å². The van der Waals surface area contributed by atoms with E-state index in [4.69, 9.17) is 0 Å². The Labute approximate surface area is 118 Å². The minimum atomic E-state index is -3.38. The molecule has 1 heterocycles. The molecule has 0 saturated heterocycles. The second kappa shape index (κ2) is 5.59. The number of aryl methyl sites for hydroxylation is 1. The van der Waals surface area contributed by atoms with Crippen LogP contribution in [-0.4, -0.2) is 41.8 Å². The molecular formula is C12H17N5O2S. The largest absolute Gasteiger partial charge is 0.379 e. The molecule has 2 aromatic rings. The molecule has 0 bridgehead atoms. The van der Waals surface area contributed by atoms with Gasteiger partial charge in [0, 0.05) is 33.0 Å². The molecule has 8 heteroatoms. The SMILES string of the molecule is CN(C)S(=O)(=O)c1ccc(NCc2cn(C)nn2)cc1. The Bertz CT molecular complexity index is 676. The fraction of sp³-hybridized carbons (Fsp3) is 0.333. The highest BCUT2D eigenvalue weighted by molar-refractivity contribution is 7.89. The molecule has 0 aliphatic heterocycles. The van der Waals surface area contributed by atoms with Crippen LogP contribution in [0.5, 0.6) is 0 Å². The molecule has 0 unspecified atom stereocenters. The number of benzene rings is 1. The summed E-state index contributed by atoms with van der Waals surface area (Å²) in [7, 11) is 1.44. The number of rotatable bonds is 5. The average molecular weight is 295 g/mol. The molecule has 0 aliphatic rings. The van der Waals surface area contributed by atoms with Crippen LogP contribution in [0.15, 0.2) is 35.4 Å². The Morgan fingerprint density at radius 3 is 2.40 bits per heavy atom. The van der Waals surface area contributed by atoms with E-state index in [-0.39, 0.29) is 4.90 Å². The van der Waals surface area contributed by atoms with Gasteiger partial charge in [0.2, 0.25) is 10.0 Å². The molecule has 0 amide bonds. The van der Waals surface area contributed by atoms with Crippen molar-refractivity contribution in [1.29, 1.82) is 0 Å². The number of aromatic nitrogens is 3. The molecule has 1 N–H and O–H groups in total. The summed E-state index contributed by atoms with van der Waals surface area (Å²) in [5.41, 5.74) is 1.64. The predicted octanol–water partition coefficient (Wildman–Crippen LogP) is 0.677. The van der Waals surface area contributed by atoms with E-state index in [2.05, 4.69) is 15.6 Å². The number of sulfonamides is 1. The second-order valence-electron chi connectivity index (χ2n) is 4.55. The van der Waals surface area contributed by atoms with E-state index in [1.807, 2.05) is 6.20 Å². The summed E-state index contributed by atoms with van der Waals surface area (Å²) in [6, 6.07) is 6.61. The first-order valence-electron chi connectivity index (χ1n) is 6.01. The van der Waals surface area contributed by atoms with Gasteiger partial charge in [0.1, 0.15) is 5.69 Å². The highest BCUT2D eigenvalue weighted by Crippen LogP contribution is 2.16. The van der Waals surface area contributed by atoms with Gasteiger partial charge in [-0.3, -0.25) is 4.68 Å². The number of anilines is 1. The third kappa shape index (κ3) is 3.14. The highest BCUT2D eigenvalue weighted by atomic mass is 32.2. The number of nitrogens with zero attached hydrogens (tertiary/aromatic N) is 4. The lowest BCUT2D eigenvalue weighted by molar-refractivity contribution is 0.521. The summed E-state index contributed by atoms with van der Waals surface area (Å²) in [5.74, 6) is 0. The molecule has 1 aromatic heterocycles. The van der Waals surface area contributed by atoms with Crippen LogP contribution in [0.1, 0.15) is 5.69 Å². The smallest absolute Gasteiger partial charge is 0.242 e. The maximum absolute atomic E-state index is 11.9. The van der Waals surface area contributed by atoms with Crippen molar-refractivity contribution < 1.29 is 8.42 Å². The van der Waals surface area contributed by atoms with E-state index < -0.39 is 10.0 Å². The van der Waals surface area contributed by atoms with Crippen molar-refractivity contribution in [3.63, 3.8) is 0 Å². The van der Waals surface area contributed by atoms with Crippen LogP contribution >= 0.6 is 0 Å². The van der Waals surface area contributed by atoms with Crippen LogP contribution in [0.3, 0.4) is 0 Å². The zero-order chi connectivity index (χ0) is 14.8. The molecule has 7 nitrogen and oxygen atoms in total. The van der Waals surface area contributed by atoms with Crippen LogP contribution < -0.4 is 5.32 Å². The van der Waals surface area contributed by atoms with Gasteiger partial charge in [-0.15, -0.1) is 5.10 Å². The zero-order valence-corrected chi connectivity index (χ0v) is 12.4. The minimum absolute atomic E-state index is 0.271. The first-order valence-corrected chi connectivity index (χ1v) is 7.45. The maximum atomic E-state index is 11.9. The number of nitrogens with one attached hydrogen (secondary N) is 1. The molecule has 0 saturated carbocycles. The average Bonchev–Trinajstić information content (AvgIpc) is 2.82. The Hall–Kier alpha value is -1.93. The van der Waals surface area contributed by atoms with Gasteiger partial charge in [0.15, 0.2) is 0 Å². The van der Waals surface area contributed by atoms with E-state index in [0.717, 1.165) is 11.4 Å². The van der Waals surface area contributed by atoms with E-state index in [1.165, 1.54) is 18.4 Å². The highest BCUT2D eigenvalue weighted by Gasteiger charge is 2.16. The van der Waals surface area contributed by atoms with E-state index in [0.29, 0.717) is 6.54 Å². The van der Waals surface area contributed by atoms with Gasteiger partial charge in [0.25, 0.3) is 0 Å². The zero-order valence-electron chi connectivity index (χ0n) is 11.6. The molecular weight excluding hydrogens is 278 g/mol. The van der Waals surface area contributed by atoms with Crippen molar-refractivity contribution in [1.82, 2.24) is 19.3 Å². The Balaban J connectivity index is 2.05. The lowest BCUT2D eigenvalue weighted by Crippen LogP contribution is -2.22. The summed E-state index contributed by atoms with van der Waals surface area (Å²) in [6.07, 6.45) is 1.82. The monoisotopic (exact) mass is 295 g/mol. The number of hydrogen-bond donors (Lipinski definition) is 1. The molecule has 0 aliphatic carbocycles. The standard InChI is InChI=1S/C12H17N5O2S/c1-16(2)20(18,19)12-6-4-10(5-7-12)13-8-11-9-17(3)15-14-11/h4-7,9,13H,8H2,1-3H3. The predicted molar refractivity (Wildman–Crippen MR) is 75.6 cm³/mol. The Morgan fingerprint density at radius 2 is 1.90 bits per heavy atom. The third-order valence-electron chi connectivity index (χ3n) is 2.76. The van der Waals surface area contributed by atoms with Gasteiger partial charge in [-0.25, -0.2) is 12.7 Å². The summed E-state index contributed by atoms with van der Waals surface area (Å²) in [6.45, 7) is 0.535. The molecule has 2 rings (SSSR count). The normalized spacial score (nSPS) is 11.8.